The number of carbonyl (C=O) groups excluding carboxylic acids is 6. The first-order chi connectivity index (χ1) is 35.2. The number of fused-ring (bicyclic) bond motifs is 1. The summed E-state index contributed by atoms with van der Waals surface area (Å²) in [7, 11) is 0. The van der Waals surface area contributed by atoms with Crippen LogP contribution in [0.25, 0.3) is 10.8 Å². The minimum atomic E-state index is -1.58. The van der Waals surface area contributed by atoms with Crippen molar-refractivity contribution >= 4 is 76.1 Å². The number of unbranched alkanes of at least 4 members (excludes halogenated alkanes) is 1. The van der Waals surface area contributed by atoms with Crippen LogP contribution >= 0.6 is 0 Å². The highest BCUT2D eigenvalue weighted by Crippen LogP contribution is 2.19. The van der Waals surface area contributed by atoms with E-state index in [4.69, 9.17) is 5.11 Å². The van der Waals surface area contributed by atoms with Gasteiger partial charge >= 0.3 is 35.9 Å². The largest absolute Gasteiger partial charge is 0.481 e. The molecular weight excluding hydrogens is 973 g/mol. The van der Waals surface area contributed by atoms with E-state index in [1.165, 1.54) is 30.3 Å². The zero-order valence-corrected chi connectivity index (χ0v) is 39.7. The van der Waals surface area contributed by atoms with Gasteiger partial charge in [0.2, 0.25) is 17.8 Å². The molecule has 4 rings (SSSR count). The Morgan fingerprint density at radius 1 is 0.527 bits per heavy atom. The van der Waals surface area contributed by atoms with Crippen molar-refractivity contribution in [1.82, 2.24) is 36.9 Å². The molecule has 0 radical (unpaired) electrons. The number of hydrogen-bond donors (Lipinski definition) is 11. The fourth-order valence-corrected chi connectivity index (χ4v) is 7.48. The number of hydrogen-bond acceptors (Lipinski definition) is 12. The minimum Gasteiger partial charge on any atom is -0.481 e. The van der Waals surface area contributed by atoms with Gasteiger partial charge in [0, 0.05) is 74.5 Å². The second-order valence-corrected chi connectivity index (χ2v) is 17.1. The average molecular weight is 1030 g/mol. The van der Waals surface area contributed by atoms with Crippen molar-refractivity contribution in [3.05, 3.63) is 113 Å². The van der Waals surface area contributed by atoms with Crippen LogP contribution in [0.15, 0.2) is 85.1 Å². The van der Waals surface area contributed by atoms with Crippen LogP contribution < -0.4 is 31.9 Å². The highest BCUT2D eigenvalue weighted by atomic mass is 18.2. The lowest BCUT2D eigenvalue weighted by Crippen LogP contribution is -2.51. The highest BCUT2D eigenvalue weighted by Gasteiger charge is 2.30. The molecule has 74 heavy (non-hydrogen) atoms. The molecule has 1 heterocycles. The van der Waals surface area contributed by atoms with E-state index >= 15 is 0 Å². The van der Waals surface area contributed by atoms with E-state index in [-0.39, 0.29) is 62.7 Å². The number of nitrogens with one attached hydrogen (secondary N) is 6. The molecule has 0 saturated heterocycles. The number of nitrogens with zero attached hydrogens (tertiary/aromatic N) is 1. The van der Waals surface area contributed by atoms with Gasteiger partial charge in [-0.25, -0.2) is 19.4 Å². The van der Waals surface area contributed by atoms with E-state index in [2.05, 4.69) is 36.9 Å². The number of carbonyl (C=O) groups is 11. The summed E-state index contributed by atoms with van der Waals surface area (Å²) in [6, 6.07) is 14.2. The third-order valence-corrected chi connectivity index (χ3v) is 11.5. The number of ketones is 1. The molecule has 0 aliphatic rings. The number of rotatable bonds is 31. The Bertz CT molecular complexity index is 2700. The van der Waals surface area contributed by atoms with Gasteiger partial charge in [-0.2, -0.15) is 4.39 Å². The molecule has 5 atom stereocenters. The van der Waals surface area contributed by atoms with Crippen molar-refractivity contribution in [1.29, 1.82) is 0 Å². The van der Waals surface area contributed by atoms with Crippen LogP contribution in [0.2, 0.25) is 0 Å². The summed E-state index contributed by atoms with van der Waals surface area (Å²) >= 11 is 0. The number of carboxylic acids is 5. The summed E-state index contributed by atoms with van der Waals surface area (Å²) in [5.41, 5.74) is 1.11. The molecule has 5 unspecified atom stereocenters. The molecule has 0 aliphatic heterocycles. The number of aliphatic carboxylic acids is 5. The molecule has 4 aromatic rings. The van der Waals surface area contributed by atoms with Crippen LogP contribution in [0.1, 0.15) is 96.1 Å². The molecular formula is C50H56FN7O16. The van der Waals surface area contributed by atoms with Crippen molar-refractivity contribution in [3.8, 4) is 0 Å². The molecule has 0 spiro atoms. The standard InChI is InChI=1S/C50H56FN7O16/c51-40-26-34(20-22-52-40)46(68)55-35(15-18-42(62)63)39(59)25-33(14-17-41(60)61)44(66)54-27-28-8-12-31(13-9-28)45(67)56-38(24-29-10-11-30-5-1-2-6-32(30)23-29)47(69)53-21-4-3-7-36(48(70)71)57-50(74)58-37(49(72)73)16-19-43(64)65/h1-2,5-6,8-13,20,22-23,26,33,35-38H,3-4,7,14-19,21,24-25,27H2,(H,53,69)(H,54,66)(H,55,68)(H,56,67)(H,60,61)(H,62,63)(H,64,65)(H,70,71)(H,72,73)(H2,57,58,74)/i51-1. The van der Waals surface area contributed by atoms with Crippen LogP contribution in [0, 0.1) is 11.9 Å². The first-order valence-electron chi connectivity index (χ1n) is 23.2. The first-order valence-corrected chi connectivity index (χ1v) is 23.2. The molecule has 23 nitrogen and oxygen atoms in total. The molecule has 0 aliphatic carbocycles. The monoisotopic (exact) mass is 1030 g/mol. The lowest BCUT2D eigenvalue weighted by Gasteiger charge is -2.21. The first kappa shape index (κ1) is 57.7. The number of urea groups is 1. The maximum atomic E-state index is 13.7. The molecule has 394 valence electrons. The zero-order chi connectivity index (χ0) is 54.3. The fourth-order valence-electron chi connectivity index (χ4n) is 7.48. The number of amides is 6. The van der Waals surface area contributed by atoms with Crippen LogP contribution in [-0.2, 0) is 51.3 Å². The van der Waals surface area contributed by atoms with E-state index in [1.807, 2.05) is 42.5 Å². The smallest absolute Gasteiger partial charge is 0.326 e. The van der Waals surface area contributed by atoms with E-state index < -0.39 is 133 Å². The third kappa shape index (κ3) is 19.8. The summed E-state index contributed by atoms with van der Waals surface area (Å²) in [6.45, 7) is -0.117. The van der Waals surface area contributed by atoms with Gasteiger partial charge in [0.25, 0.3) is 11.8 Å². The quantitative estimate of drug-likeness (QED) is 0.0255. The summed E-state index contributed by atoms with van der Waals surface area (Å²) in [5, 5.41) is 63.0. The average Bonchev–Trinajstić information content (AvgIpc) is 3.35. The normalized spacial score (nSPS) is 12.9. The Hall–Kier alpha value is -8.83. The zero-order valence-electron chi connectivity index (χ0n) is 39.7. The number of benzene rings is 3. The van der Waals surface area contributed by atoms with Crippen LogP contribution in [0.3, 0.4) is 0 Å². The van der Waals surface area contributed by atoms with Gasteiger partial charge in [-0.15, -0.1) is 0 Å². The molecule has 24 heteroatoms. The minimum absolute atomic E-state index is 0.0278. The summed E-state index contributed by atoms with van der Waals surface area (Å²) < 4.78 is 13.7. The highest BCUT2D eigenvalue weighted by molar-refractivity contribution is 5.99. The molecule has 0 fully saturated rings. The van der Waals surface area contributed by atoms with Gasteiger partial charge in [-0.3, -0.25) is 38.4 Å². The number of halogens is 1. The lowest BCUT2D eigenvalue weighted by molar-refractivity contribution is -0.141. The van der Waals surface area contributed by atoms with E-state index in [0.717, 1.165) is 23.0 Å². The van der Waals surface area contributed by atoms with Crippen molar-refractivity contribution in [2.75, 3.05) is 6.54 Å². The molecule has 1 aromatic heterocycles. The predicted octanol–water partition coefficient (Wildman–Crippen LogP) is 2.79. The Labute approximate surface area is 421 Å². The SMILES string of the molecule is O=C(O)CCC(CC(=O)C(CCC(=O)O)NC(=O)c1ccnc([18F])c1)C(=O)NCc1ccc(C(=O)NC(Cc2ccc3ccccc3c2)C(=O)NCCCCC(NC(=O)NC(CCC(=O)O)C(=O)O)C(=O)O)cc1. The Morgan fingerprint density at radius 2 is 1.09 bits per heavy atom. The molecule has 0 bridgehead atoms. The van der Waals surface area contributed by atoms with Crippen molar-refractivity contribution < 1.29 is 82.7 Å². The molecule has 0 saturated carbocycles. The van der Waals surface area contributed by atoms with Crippen LogP contribution in [0.4, 0.5) is 9.18 Å². The molecule has 11 N–H and O–H groups in total. The van der Waals surface area contributed by atoms with E-state index in [0.29, 0.717) is 11.1 Å². The summed E-state index contributed by atoms with van der Waals surface area (Å²) in [5.74, 6) is -12.6. The lowest BCUT2D eigenvalue weighted by atomic mass is 9.91. The molecule has 3 aromatic carbocycles. The number of pyridine rings is 1. The van der Waals surface area contributed by atoms with Crippen LogP contribution in [0.5, 0.6) is 0 Å². The van der Waals surface area contributed by atoms with E-state index in [1.54, 1.807) is 0 Å². The van der Waals surface area contributed by atoms with Gasteiger partial charge in [0.15, 0.2) is 5.78 Å². The number of aromatic nitrogens is 1. The van der Waals surface area contributed by atoms with E-state index in [9.17, 15) is 77.6 Å². The summed E-state index contributed by atoms with van der Waals surface area (Å²) in [6.07, 6.45) is -1.96. The van der Waals surface area contributed by atoms with Crippen molar-refractivity contribution in [2.45, 2.75) is 101 Å². The fraction of sp³-hybridized carbons (Fsp3) is 0.360. The van der Waals surface area contributed by atoms with Crippen molar-refractivity contribution in [3.63, 3.8) is 0 Å². The van der Waals surface area contributed by atoms with Gasteiger partial charge in [0.05, 0.1) is 6.04 Å². The Kier molecular flexibility index (Phi) is 22.5. The van der Waals surface area contributed by atoms with Gasteiger partial charge in [-0.05, 0) is 78.6 Å². The maximum absolute atomic E-state index is 13.7. The van der Waals surface area contributed by atoms with Gasteiger partial charge in [0.1, 0.15) is 18.1 Å². The Balaban J connectivity index is 1.38. The molecule has 6 amide bonds. The number of Topliss-reactive ketones (excluding diaryl/α,β-unsaturated/α-hetero) is 1. The summed E-state index contributed by atoms with van der Waals surface area (Å²) in [4.78, 5) is 140. The third-order valence-electron chi connectivity index (χ3n) is 11.5. The Morgan fingerprint density at radius 3 is 1.72 bits per heavy atom. The predicted molar refractivity (Wildman–Crippen MR) is 258 cm³/mol. The van der Waals surface area contributed by atoms with Gasteiger partial charge < -0.3 is 57.4 Å². The topological polar surface area (TPSA) is 374 Å². The van der Waals surface area contributed by atoms with Crippen molar-refractivity contribution in [2.24, 2.45) is 5.92 Å². The second-order valence-electron chi connectivity index (χ2n) is 17.1. The maximum Gasteiger partial charge on any atom is 0.326 e. The second kappa shape index (κ2) is 28.9. The number of carboxylic acid groups (broad SMARTS) is 5. The van der Waals surface area contributed by atoms with Crippen LogP contribution in [-0.4, -0.2) is 127 Å². The van der Waals surface area contributed by atoms with Gasteiger partial charge in [-0.1, -0.05) is 54.6 Å².